The zero-order chi connectivity index (χ0) is 14.9. The quantitative estimate of drug-likeness (QED) is 0.912. The summed E-state index contributed by atoms with van der Waals surface area (Å²) in [5.41, 5.74) is 2.53. The maximum atomic E-state index is 10.4. The Labute approximate surface area is 130 Å². The number of nitrogens with zero attached hydrogens (tertiary/aromatic N) is 4. The van der Waals surface area contributed by atoms with E-state index in [1.54, 1.807) is 0 Å². The smallest absolute Gasteiger partial charge is 0.0951 e. The molecule has 4 rings (SSSR count). The lowest BCUT2D eigenvalue weighted by Crippen LogP contribution is -2.22. The summed E-state index contributed by atoms with van der Waals surface area (Å²) in [6, 6.07) is 4.74. The van der Waals surface area contributed by atoms with Gasteiger partial charge in [-0.1, -0.05) is 0 Å². The Bertz CT molecular complexity index is 623. The lowest BCUT2D eigenvalue weighted by atomic mass is 9.97. The second-order valence-corrected chi connectivity index (χ2v) is 6.60. The van der Waals surface area contributed by atoms with Gasteiger partial charge in [0.1, 0.15) is 0 Å². The zero-order valence-electron chi connectivity index (χ0n) is 12.7. The Kier molecular flexibility index (Phi) is 3.68. The van der Waals surface area contributed by atoms with Crippen LogP contribution in [0.5, 0.6) is 0 Å². The molecular weight excluding hydrogens is 276 g/mol. The molecule has 0 unspecified atom stereocenters. The molecule has 0 aromatic carbocycles. The number of aliphatic hydroxyl groups is 1. The number of pyridine rings is 1. The molecular formula is C17H22N4O. The van der Waals surface area contributed by atoms with Gasteiger partial charge in [-0.05, 0) is 37.0 Å². The molecule has 2 fully saturated rings. The predicted molar refractivity (Wildman–Crippen MR) is 83.2 cm³/mol. The highest BCUT2D eigenvalue weighted by molar-refractivity contribution is 5.12. The van der Waals surface area contributed by atoms with Crippen molar-refractivity contribution >= 4 is 0 Å². The van der Waals surface area contributed by atoms with Crippen LogP contribution in [-0.2, 0) is 13.0 Å². The first-order valence-electron chi connectivity index (χ1n) is 8.09. The topological polar surface area (TPSA) is 54.2 Å². The number of aromatic nitrogens is 3. The average Bonchev–Trinajstić information content (AvgIpc) is 3.18. The maximum Gasteiger partial charge on any atom is 0.0951 e. The molecule has 1 N–H and O–H groups in total. The van der Waals surface area contributed by atoms with E-state index in [1.165, 1.54) is 24.1 Å². The minimum absolute atomic E-state index is 0.245. The van der Waals surface area contributed by atoms with Crippen molar-refractivity contribution in [2.75, 3.05) is 13.1 Å². The third-order valence-corrected chi connectivity index (χ3v) is 4.80. The zero-order valence-corrected chi connectivity index (χ0v) is 12.7. The number of likely N-dealkylation sites (tertiary alicyclic amines) is 1. The molecule has 1 aliphatic carbocycles. The summed E-state index contributed by atoms with van der Waals surface area (Å²) in [5.74, 6) is 0.305. The fourth-order valence-electron chi connectivity index (χ4n) is 3.46. The first-order chi connectivity index (χ1) is 10.8. The van der Waals surface area contributed by atoms with Crippen LogP contribution in [0.2, 0.25) is 0 Å². The van der Waals surface area contributed by atoms with Crippen LogP contribution in [0.25, 0.3) is 0 Å². The minimum atomic E-state index is -0.245. The molecule has 1 saturated carbocycles. The third-order valence-electron chi connectivity index (χ3n) is 4.80. The lowest BCUT2D eigenvalue weighted by molar-refractivity contribution is 0.141. The van der Waals surface area contributed by atoms with Gasteiger partial charge in [0, 0.05) is 50.2 Å². The number of hydrogen-bond donors (Lipinski definition) is 1. The van der Waals surface area contributed by atoms with E-state index in [9.17, 15) is 5.11 Å². The summed E-state index contributed by atoms with van der Waals surface area (Å²) < 4.78 is 2.31. The van der Waals surface area contributed by atoms with E-state index >= 15 is 0 Å². The van der Waals surface area contributed by atoms with Crippen molar-refractivity contribution in [2.45, 2.75) is 38.0 Å². The Morgan fingerprint density at radius 1 is 1.14 bits per heavy atom. The largest absolute Gasteiger partial charge is 0.391 e. The predicted octanol–water partition coefficient (Wildman–Crippen LogP) is 1.65. The van der Waals surface area contributed by atoms with E-state index in [-0.39, 0.29) is 6.10 Å². The van der Waals surface area contributed by atoms with Crippen molar-refractivity contribution in [3.05, 3.63) is 48.3 Å². The number of hydrogen-bond acceptors (Lipinski definition) is 4. The molecule has 0 radical (unpaired) electrons. The standard InChI is InChI=1S/C17H22N4O/c22-17-11-20(9-14(17)7-13-3-5-18-6-4-13)10-16-8-19-12-21(16)15-1-2-15/h3-6,8,12,14-15,17,22H,1-2,7,9-11H2/t14-,17+/m1/s1. The highest BCUT2D eigenvalue weighted by Gasteiger charge is 2.32. The fourth-order valence-corrected chi connectivity index (χ4v) is 3.46. The molecule has 5 heteroatoms. The van der Waals surface area contributed by atoms with Gasteiger partial charge in [-0.3, -0.25) is 9.88 Å². The lowest BCUT2D eigenvalue weighted by Gasteiger charge is -2.16. The van der Waals surface area contributed by atoms with Gasteiger partial charge in [-0.25, -0.2) is 4.98 Å². The fraction of sp³-hybridized carbons (Fsp3) is 0.529. The molecule has 1 saturated heterocycles. The summed E-state index contributed by atoms with van der Waals surface area (Å²) in [5, 5.41) is 10.4. The highest BCUT2D eigenvalue weighted by atomic mass is 16.3. The SMILES string of the molecule is O[C@H]1CN(Cc2cncn2C2CC2)C[C@H]1Cc1ccncc1. The Balaban J connectivity index is 1.39. The minimum Gasteiger partial charge on any atom is -0.391 e. The van der Waals surface area contributed by atoms with E-state index < -0.39 is 0 Å². The third kappa shape index (κ3) is 2.91. The van der Waals surface area contributed by atoms with Crippen LogP contribution in [-0.4, -0.2) is 43.7 Å². The van der Waals surface area contributed by atoms with Crippen LogP contribution in [0, 0.1) is 5.92 Å². The van der Waals surface area contributed by atoms with Gasteiger partial charge in [-0.15, -0.1) is 0 Å². The Hall–Kier alpha value is -1.72. The van der Waals surface area contributed by atoms with Crippen molar-refractivity contribution in [1.82, 2.24) is 19.4 Å². The molecule has 116 valence electrons. The first kappa shape index (κ1) is 13.9. The Morgan fingerprint density at radius 3 is 2.73 bits per heavy atom. The van der Waals surface area contributed by atoms with Crippen molar-refractivity contribution in [2.24, 2.45) is 5.92 Å². The highest BCUT2D eigenvalue weighted by Crippen LogP contribution is 2.36. The van der Waals surface area contributed by atoms with Gasteiger partial charge in [0.05, 0.1) is 18.1 Å². The van der Waals surface area contributed by atoms with E-state index in [0.29, 0.717) is 12.0 Å². The summed E-state index contributed by atoms with van der Waals surface area (Å²) >= 11 is 0. The number of rotatable bonds is 5. The summed E-state index contributed by atoms with van der Waals surface area (Å²) in [6.07, 6.45) is 10.8. The molecule has 0 bridgehead atoms. The molecule has 3 heterocycles. The first-order valence-corrected chi connectivity index (χ1v) is 8.09. The van der Waals surface area contributed by atoms with Crippen molar-refractivity contribution < 1.29 is 5.11 Å². The molecule has 2 aromatic rings. The van der Waals surface area contributed by atoms with E-state index in [0.717, 1.165) is 26.1 Å². The van der Waals surface area contributed by atoms with Crippen LogP contribution >= 0.6 is 0 Å². The van der Waals surface area contributed by atoms with Gasteiger partial charge in [0.15, 0.2) is 0 Å². The van der Waals surface area contributed by atoms with Crippen LogP contribution in [0.4, 0.5) is 0 Å². The molecule has 5 nitrogen and oxygen atoms in total. The van der Waals surface area contributed by atoms with E-state index in [4.69, 9.17) is 0 Å². The van der Waals surface area contributed by atoms with E-state index in [2.05, 4.69) is 19.4 Å². The molecule has 2 aliphatic rings. The molecule has 2 atom stereocenters. The van der Waals surface area contributed by atoms with Crippen molar-refractivity contribution in [1.29, 1.82) is 0 Å². The maximum absolute atomic E-state index is 10.4. The van der Waals surface area contributed by atoms with Gasteiger partial charge in [-0.2, -0.15) is 0 Å². The van der Waals surface area contributed by atoms with Crippen LogP contribution in [0.15, 0.2) is 37.1 Å². The monoisotopic (exact) mass is 298 g/mol. The molecule has 1 aliphatic heterocycles. The molecule has 0 spiro atoms. The average molecular weight is 298 g/mol. The molecule has 22 heavy (non-hydrogen) atoms. The summed E-state index contributed by atoms with van der Waals surface area (Å²) in [4.78, 5) is 10.7. The number of aliphatic hydroxyl groups excluding tert-OH is 1. The summed E-state index contributed by atoms with van der Waals surface area (Å²) in [7, 11) is 0. The number of β-amino-alcohol motifs (C(OH)–C–C–N with tert-alkyl or cyclic N) is 1. The normalized spacial score (nSPS) is 25.7. The van der Waals surface area contributed by atoms with Crippen LogP contribution in [0.1, 0.15) is 30.1 Å². The Morgan fingerprint density at radius 2 is 1.95 bits per heavy atom. The second kappa shape index (κ2) is 5.82. The van der Waals surface area contributed by atoms with E-state index in [1.807, 2.05) is 37.1 Å². The number of imidazole rings is 1. The van der Waals surface area contributed by atoms with Gasteiger partial charge in [0.25, 0.3) is 0 Å². The van der Waals surface area contributed by atoms with Crippen LogP contribution in [0.3, 0.4) is 0 Å². The second-order valence-electron chi connectivity index (χ2n) is 6.60. The molecule has 2 aromatic heterocycles. The van der Waals surface area contributed by atoms with Gasteiger partial charge < -0.3 is 9.67 Å². The summed E-state index contributed by atoms with van der Waals surface area (Å²) in [6.45, 7) is 2.59. The molecule has 0 amide bonds. The van der Waals surface area contributed by atoms with Gasteiger partial charge >= 0.3 is 0 Å². The van der Waals surface area contributed by atoms with Crippen LogP contribution < -0.4 is 0 Å². The van der Waals surface area contributed by atoms with Crippen molar-refractivity contribution in [3.63, 3.8) is 0 Å². The van der Waals surface area contributed by atoms with Gasteiger partial charge in [0.2, 0.25) is 0 Å². The van der Waals surface area contributed by atoms with Crippen molar-refractivity contribution in [3.8, 4) is 0 Å².